The maximum Gasteiger partial charge on any atom is 0.0439 e. The standard InChI is InChI=1S/C12H14Cl2/c1-3-4-9(2)7-10-8-11(13)5-6-12(10)14/h3-6,8-9H,7H2,1-2H3/b4-3-. The number of hydrogen-bond acceptors (Lipinski definition) is 0. The van der Waals surface area contributed by atoms with Gasteiger partial charge in [-0.2, -0.15) is 0 Å². The molecule has 1 rings (SSSR count). The van der Waals surface area contributed by atoms with Crippen LogP contribution in [0.25, 0.3) is 0 Å². The Morgan fingerprint density at radius 1 is 1.36 bits per heavy atom. The largest absolute Gasteiger partial charge is 0.0914 e. The first-order valence-electron chi connectivity index (χ1n) is 4.70. The van der Waals surface area contributed by atoms with Crippen LogP contribution in [0.2, 0.25) is 10.0 Å². The first kappa shape index (κ1) is 11.6. The average molecular weight is 229 g/mol. The Morgan fingerprint density at radius 2 is 2.07 bits per heavy atom. The molecule has 1 unspecified atom stereocenters. The lowest BCUT2D eigenvalue weighted by molar-refractivity contribution is 0.723. The van der Waals surface area contributed by atoms with Crippen LogP contribution in [0.4, 0.5) is 0 Å². The van der Waals surface area contributed by atoms with E-state index in [1.54, 1.807) is 0 Å². The summed E-state index contributed by atoms with van der Waals surface area (Å²) in [6.45, 7) is 4.19. The van der Waals surface area contributed by atoms with Crippen molar-refractivity contribution in [3.8, 4) is 0 Å². The van der Waals surface area contributed by atoms with Crippen molar-refractivity contribution in [3.63, 3.8) is 0 Å². The van der Waals surface area contributed by atoms with Crippen molar-refractivity contribution in [3.05, 3.63) is 46.0 Å². The van der Waals surface area contributed by atoms with Gasteiger partial charge in [-0.3, -0.25) is 0 Å². The third-order valence-corrected chi connectivity index (χ3v) is 2.67. The van der Waals surface area contributed by atoms with E-state index in [1.807, 2.05) is 25.1 Å². The molecular weight excluding hydrogens is 215 g/mol. The van der Waals surface area contributed by atoms with E-state index in [2.05, 4.69) is 19.1 Å². The molecule has 1 aromatic rings. The molecule has 0 N–H and O–H groups in total. The topological polar surface area (TPSA) is 0 Å². The second kappa shape index (κ2) is 5.43. The van der Waals surface area contributed by atoms with Crippen molar-refractivity contribution in [1.29, 1.82) is 0 Å². The Balaban J connectivity index is 2.80. The molecule has 0 spiro atoms. The highest BCUT2D eigenvalue weighted by molar-refractivity contribution is 6.33. The molecule has 0 saturated carbocycles. The molecule has 0 radical (unpaired) electrons. The minimum absolute atomic E-state index is 0.496. The number of allylic oxidation sites excluding steroid dienone is 2. The van der Waals surface area contributed by atoms with Crippen LogP contribution in [-0.2, 0) is 6.42 Å². The Morgan fingerprint density at radius 3 is 2.71 bits per heavy atom. The van der Waals surface area contributed by atoms with E-state index in [9.17, 15) is 0 Å². The molecule has 0 fully saturated rings. The molecule has 0 aliphatic heterocycles. The van der Waals surface area contributed by atoms with Gasteiger partial charge in [-0.25, -0.2) is 0 Å². The lowest BCUT2D eigenvalue weighted by atomic mass is 10.0. The fraction of sp³-hybridized carbons (Fsp3) is 0.333. The summed E-state index contributed by atoms with van der Waals surface area (Å²) in [4.78, 5) is 0. The predicted octanol–water partition coefficient (Wildman–Crippen LogP) is 4.75. The van der Waals surface area contributed by atoms with Gasteiger partial charge in [-0.05, 0) is 43.0 Å². The first-order valence-corrected chi connectivity index (χ1v) is 5.46. The molecule has 2 heteroatoms. The monoisotopic (exact) mass is 228 g/mol. The van der Waals surface area contributed by atoms with Crippen LogP contribution in [0.1, 0.15) is 19.4 Å². The fourth-order valence-corrected chi connectivity index (χ4v) is 1.83. The Kier molecular flexibility index (Phi) is 4.50. The zero-order chi connectivity index (χ0) is 10.6. The van der Waals surface area contributed by atoms with E-state index in [-0.39, 0.29) is 0 Å². The van der Waals surface area contributed by atoms with E-state index in [1.165, 1.54) is 0 Å². The van der Waals surface area contributed by atoms with Crippen LogP contribution in [-0.4, -0.2) is 0 Å². The summed E-state index contributed by atoms with van der Waals surface area (Å²) in [6, 6.07) is 5.60. The lowest BCUT2D eigenvalue weighted by Gasteiger charge is -2.08. The maximum absolute atomic E-state index is 6.06. The summed E-state index contributed by atoms with van der Waals surface area (Å²) in [7, 11) is 0. The van der Waals surface area contributed by atoms with E-state index in [4.69, 9.17) is 23.2 Å². The van der Waals surface area contributed by atoms with Gasteiger partial charge >= 0.3 is 0 Å². The average Bonchev–Trinajstić information content (AvgIpc) is 2.12. The number of hydrogen-bond donors (Lipinski definition) is 0. The van der Waals surface area contributed by atoms with E-state index < -0.39 is 0 Å². The molecule has 0 aromatic heterocycles. The minimum Gasteiger partial charge on any atom is -0.0914 e. The van der Waals surface area contributed by atoms with Crippen molar-refractivity contribution < 1.29 is 0 Å². The quantitative estimate of drug-likeness (QED) is 0.656. The predicted molar refractivity (Wildman–Crippen MR) is 64.1 cm³/mol. The third kappa shape index (κ3) is 3.36. The third-order valence-electron chi connectivity index (χ3n) is 2.07. The highest BCUT2D eigenvalue weighted by atomic mass is 35.5. The molecule has 76 valence electrons. The van der Waals surface area contributed by atoms with Crippen molar-refractivity contribution in [1.82, 2.24) is 0 Å². The lowest BCUT2D eigenvalue weighted by Crippen LogP contribution is -1.96. The summed E-state index contributed by atoms with van der Waals surface area (Å²) in [5.41, 5.74) is 1.12. The molecule has 0 saturated heterocycles. The summed E-state index contributed by atoms with van der Waals surface area (Å²) >= 11 is 12.0. The Labute approximate surface area is 95.5 Å². The van der Waals surface area contributed by atoms with Crippen molar-refractivity contribution in [2.75, 3.05) is 0 Å². The molecule has 0 aliphatic carbocycles. The molecular formula is C12H14Cl2. The molecule has 0 aliphatic rings. The Bertz CT molecular complexity index is 329. The SMILES string of the molecule is C/C=C\C(C)Cc1cc(Cl)ccc1Cl. The Hall–Kier alpha value is -0.460. The molecule has 1 atom stereocenters. The van der Waals surface area contributed by atoms with Crippen LogP contribution < -0.4 is 0 Å². The van der Waals surface area contributed by atoms with Gasteiger partial charge in [-0.15, -0.1) is 0 Å². The zero-order valence-electron chi connectivity index (χ0n) is 8.43. The van der Waals surface area contributed by atoms with Gasteiger partial charge in [0.25, 0.3) is 0 Å². The highest BCUT2D eigenvalue weighted by Crippen LogP contribution is 2.23. The molecule has 0 amide bonds. The maximum atomic E-state index is 6.06. The first-order chi connectivity index (χ1) is 6.63. The van der Waals surface area contributed by atoms with Gasteiger partial charge in [0.2, 0.25) is 0 Å². The molecule has 14 heavy (non-hydrogen) atoms. The van der Waals surface area contributed by atoms with Crippen LogP contribution in [0, 0.1) is 5.92 Å². The van der Waals surface area contributed by atoms with Crippen molar-refractivity contribution in [2.45, 2.75) is 20.3 Å². The van der Waals surface area contributed by atoms with E-state index in [0.717, 1.165) is 22.0 Å². The van der Waals surface area contributed by atoms with Crippen LogP contribution in [0.15, 0.2) is 30.4 Å². The van der Waals surface area contributed by atoms with Crippen LogP contribution >= 0.6 is 23.2 Å². The summed E-state index contributed by atoms with van der Waals surface area (Å²) in [5.74, 6) is 0.496. The molecule has 1 aromatic carbocycles. The highest BCUT2D eigenvalue weighted by Gasteiger charge is 2.04. The van der Waals surface area contributed by atoms with Gasteiger partial charge in [0.05, 0.1) is 0 Å². The van der Waals surface area contributed by atoms with Crippen LogP contribution in [0.5, 0.6) is 0 Å². The van der Waals surface area contributed by atoms with Gasteiger partial charge in [0.15, 0.2) is 0 Å². The number of halogens is 2. The summed E-state index contributed by atoms with van der Waals surface area (Å²) in [5, 5.41) is 1.54. The molecule has 0 nitrogen and oxygen atoms in total. The normalized spacial score (nSPS) is 13.4. The minimum atomic E-state index is 0.496. The smallest absolute Gasteiger partial charge is 0.0439 e. The summed E-state index contributed by atoms with van der Waals surface area (Å²) in [6.07, 6.45) is 5.16. The van der Waals surface area contributed by atoms with Gasteiger partial charge in [0, 0.05) is 10.0 Å². The van der Waals surface area contributed by atoms with Crippen molar-refractivity contribution >= 4 is 23.2 Å². The number of benzene rings is 1. The summed E-state index contributed by atoms with van der Waals surface area (Å²) < 4.78 is 0. The van der Waals surface area contributed by atoms with Gasteiger partial charge < -0.3 is 0 Å². The zero-order valence-corrected chi connectivity index (χ0v) is 9.94. The van der Waals surface area contributed by atoms with Gasteiger partial charge in [-0.1, -0.05) is 42.3 Å². The second-order valence-electron chi connectivity index (χ2n) is 3.44. The molecule has 0 heterocycles. The van der Waals surface area contributed by atoms with Gasteiger partial charge in [0.1, 0.15) is 0 Å². The fourth-order valence-electron chi connectivity index (χ4n) is 1.44. The van der Waals surface area contributed by atoms with E-state index >= 15 is 0 Å². The second-order valence-corrected chi connectivity index (χ2v) is 4.29. The number of rotatable bonds is 3. The molecule has 0 bridgehead atoms. The van der Waals surface area contributed by atoms with Crippen LogP contribution in [0.3, 0.4) is 0 Å². The van der Waals surface area contributed by atoms with E-state index in [0.29, 0.717) is 5.92 Å². The van der Waals surface area contributed by atoms with Crippen molar-refractivity contribution in [2.24, 2.45) is 5.92 Å².